The van der Waals surface area contributed by atoms with Gasteiger partial charge in [-0.3, -0.25) is 0 Å². The highest BCUT2D eigenvalue weighted by atomic mass is 32.1. The standard InChI is InChI=1S/C23H13NO4S2/c25-22-17(21-24-18(13-30-21)14-5-2-1-3-6-14)11-15-8-9-16(12-19(15)28-22)27-23(26)20-7-4-10-29-20/h1-13H. The summed E-state index contributed by atoms with van der Waals surface area (Å²) in [5, 5.41) is 5.04. The number of thiazole rings is 1. The minimum absolute atomic E-state index is 0.317. The van der Waals surface area contributed by atoms with Crippen molar-refractivity contribution in [1.82, 2.24) is 4.98 Å². The number of thiophene rings is 1. The highest BCUT2D eigenvalue weighted by Crippen LogP contribution is 2.30. The summed E-state index contributed by atoms with van der Waals surface area (Å²) >= 11 is 2.69. The van der Waals surface area contributed by atoms with E-state index in [4.69, 9.17) is 9.15 Å². The summed E-state index contributed by atoms with van der Waals surface area (Å²) in [6, 6.07) is 20.0. The SMILES string of the molecule is O=C(Oc1ccc2cc(-c3nc(-c4ccccc4)cs3)c(=O)oc2c1)c1cccs1. The van der Waals surface area contributed by atoms with Gasteiger partial charge in [0.05, 0.1) is 11.3 Å². The van der Waals surface area contributed by atoms with Crippen LogP contribution in [0.15, 0.2) is 86.7 Å². The van der Waals surface area contributed by atoms with Gasteiger partial charge in [0, 0.05) is 22.4 Å². The molecule has 7 heteroatoms. The lowest BCUT2D eigenvalue weighted by atomic mass is 10.1. The van der Waals surface area contributed by atoms with Crippen LogP contribution in [0.2, 0.25) is 0 Å². The van der Waals surface area contributed by atoms with Crippen molar-refractivity contribution in [2.75, 3.05) is 0 Å². The monoisotopic (exact) mass is 431 g/mol. The number of benzene rings is 2. The molecule has 0 unspecified atom stereocenters. The largest absolute Gasteiger partial charge is 0.422 e. The van der Waals surface area contributed by atoms with Gasteiger partial charge < -0.3 is 9.15 Å². The third-order valence-electron chi connectivity index (χ3n) is 4.44. The Bertz CT molecular complexity index is 1400. The Hall–Kier alpha value is -3.55. The lowest BCUT2D eigenvalue weighted by Crippen LogP contribution is -2.06. The van der Waals surface area contributed by atoms with Gasteiger partial charge in [-0.15, -0.1) is 22.7 Å². The summed E-state index contributed by atoms with van der Waals surface area (Å²) in [7, 11) is 0. The summed E-state index contributed by atoms with van der Waals surface area (Å²) in [6.45, 7) is 0. The maximum atomic E-state index is 12.6. The maximum Gasteiger partial charge on any atom is 0.353 e. The maximum absolute atomic E-state index is 12.6. The van der Waals surface area contributed by atoms with E-state index in [2.05, 4.69) is 4.98 Å². The highest BCUT2D eigenvalue weighted by molar-refractivity contribution is 7.13. The van der Waals surface area contributed by atoms with Crippen LogP contribution in [0.25, 0.3) is 32.8 Å². The highest BCUT2D eigenvalue weighted by Gasteiger charge is 2.15. The Morgan fingerprint density at radius 1 is 0.967 bits per heavy atom. The van der Waals surface area contributed by atoms with Crippen LogP contribution in [-0.2, 0) is 0 Å². The minimum Gasteiger partial charge on any atom is -0.422 e. The van der Waals surface area contributed by atoms with E-state index in [1.807, 2.05) is 35.7 Å². The smallest absolute Gasteiger partial charge is 0.353 e. The van der Waals surface area contributed by atoms with Crippen molar-refractivity contribution in [3.63, 3.8) is 0 Å². The van der Waals surface area contributed by atoms with E-state index >= 15 is 0 Å². The second-order valence-corrected chi connectivity index (χ2v) is 8.22. The summed E-state index contributed by atoms with van der Waals surface area (Å²) in [5.41, 5.74) is 2.06. The number of hydrogen-bond acceptors (Lipinski definition) is 7. The number of hydrogen-bond donors (Lipinski definition) is 0. The lowest BCUT2D eigenvalue weighted by Gasteiger charge is -2.05. The van der Waals surface area contributed by atoms with Crippen molar-refractivity contribution in [2.45, 2.75) is 0 Å². The molecular formula is C23H13NO4S2. The van der Waals surface area contributed by atoms with E-state index in [1.54, 1.807) is 41.8 Å². The van der Waals surface area contributed by atoms with Gasteiger partial charge in [-0.05, 0) is 29.6 Å². The average molecular weight is 431 g/mol. The molecule has 0 N–H and O–H groups in total. The number of esters is 1. The van der Waals surface area contributed by atoms with Crippen LogP contribution in [0, 0.1) is 0 Å². The van der Waals surface area contributed by atoms with Crippen molar-refractivity contribution in [3.05, 3.63) is 92.8 Å². The number of ether oxygens (including phenoxy) is 1. The molecule has 0 radical (unpaired) electrons. The van der Waals surface area contributed by atoms with Crippen LogP contribution >= 0.6 is 22.7 Å². The predicted octanol–water partition coefficient (Wildman–Crippen LogP) is 5.86. The number of fused-ring (bicyclic) bond motifs is 1. The predicted molar refractivity (Wildman–Crippen MR) is 118 cm³/mol. The Kier molecular flexibility index (Phi) is 4.74. The van der Waals surface area contributed by atoms with E-state index in [1.165, 1.54) is 22.7 Å². The Labute approximate surface area is 178 Å². The van der Waals surface area contributed by atoms with Gasteiger partial charge >= 0.3 is 11.6 Å². The summed E-state index contributed by atoms with van der Waals surface area (Å²) in [5.74, 6) is -0.128. The molecule has 30 heavy (non-hydrogen) atoms. The first kappa shape index (κ1) is 18.5. The molecule has 0 aliphatic rings. The average Bonchev–Trinajstić information content (AvgIpc) is 3.46. The van der Waals surface area contributed by atoms with Crippen molar-refractivity contribution in [1.29, 1.82) is 0 Å². The molecule has 146 valence electrons. The van der Waals surface area contributed by atoms with E-state index < -0.39 is 11.6 Å². The molecule has 0 aliphatic heterocycles. The Morgan fingerprint density at radius 2 is 1.83 bits per heavy atom. The fourth-order valence-electron chi connectivity index (χ4n) is 3.00. The Balaban J connectivity index is 1.47. The van der Waals surface area contributed by atoms with Gasteiger partial charge in [-0.2, -0.15) is 0 Å². The normalized spacial score (nSPS) is 10.9. The molecule has 5 aromatic rings. The summed E-state index contributed by atoms with van der Waals surface area (Å²) < 4.78 is 10.9. The fourth-order valence-corrected chi connectivity index (χ4v) is 4.43. The third kappa shape index (κ3) is 3.56. The third-order valence-corrected chi connectivity index (χ3v) is 6.17. The van der Waals surface area contributed by atoms with Crippen LogP contribution in [0.3, 0.4) is 0 Å². The zero-order valence-electron chi connectivity index (χ0n) is 15.4. The molecule has 0 bridgehead atoms. The van der Waals surface area contributed by atoms with Crippen LogP contribution in [-0.4, -0.2) is 11.0 Å². The Morgan fingerprint density at radius 3 is 2.63 bits per heavy atom. The molecule has 0 spiro atoms. The summed E-state index contributed by atoms with van der Waals surface area (Å²) in [4.78, 5) is 29.8. The van der Waals surface area contributed by atoms with E-state index in [0.29, 0.717) is 26.8 Å². The molecule has 0 fully saturated rings. The zero-order valence-corrected chi connectivity index (χ0v) is 17.0. The second-order valence-electron chi connectivity index (χ2n) is 6.42. The van der Waals surface area contributed by atoms with Crippen LogP contribution in [0.5, 0.6) is 5.75 Å². The minimum atomic E-state index is -0.488. The van der Waals surface area contributed by atoms with Crippen LogP contribution in [0.1, 0.15) is 9.67 Å². The summed E-state index contributed by atoms with van der Waals surface area (Å²) in [6.07, 6.45) is 0. The quantitative estimate of drug-likeness (QED) is 0.202. The lowest BCUT2D eigenvalue weighted by molar-refractivity contribution is 0.0740. The van der Waals surface area contributed by atoms with Gasteiger partial charge in [0.15, 0.2) is 0 Å². The fraction of sp³-hybridized carbons (Fsp3) is 0. The number of nitrogens with zero attached hydrogens (tertiary/aromatic N) is 1. The number of rotatable bonds is 4. The molecule has 0 saturated carbocycles. The first-order chi connectivity index (χ1) is 14.7. The molecule has 2 aromatic carbocycles. The second kappa shape index (κ2) is 7.70. The number of carbonyl (C=O) groups is 1. The zero-order chi connectivity index (χ0) is 20.5. The molecule has 0 amide bonds. The van der Waals surface area contributed by atoms with Crippen molar-refractivity contribution >= 4 is 39.6 Å². The van der Waals surface area contributed by atoms with Gasteiger partial charge in [0.2, 0.25) is 0 Å². The van der Waals surface area contributed by atoms with Gasteiger partial charge in [0.1, 0.15) is 21.2 Å². The molecule has 5 nitrogen and oxygen atoms in total. The topological polar surface area (TPSA) is 69.4 Å². The van der Waals surface area contributed by atoms with Gasteiger partial charge in [-0.25, -0.2) is 14.6 Å². The molecular weight excluding hydrogens is 418 g/mol. The number of carbonyl (C=O) groups excluding carboxylic acids is 1. The van der Waals surface area contributed by atoms with Gasteiger partial charge in [0.25, 0.3) is 0 Å². The van der Waals surface area contributed by atoms with Crippen molar-refractivity contribution < 1.29 is 13.9 Å². The molecule has 0 atom stereocenters. The van der Waals surface area contributed by atoms with E-state index in [0.717, 1.165) is 16.6 Å². The van der Waals surface area contributed by atoms with Crippen LogP contribution in [0.4, 0.5) is 0 Å². The molecule has 0 saturated heterocycles. The molecule has 0 aliphatic carbocycles. The number of aromatic nitrogens is 1. The first-order valence-corrected chi connectivity index (χ1v) is 10.8. The van der Waals surface area contributed by atoms with E-state index in [9.17, 15) is 9.59 Å². The molecule has 3 aromatic heterocycles. The molecule has 3 heterocycles. The van der Waals surface area contributed by atoms with Crippen molar-refractivity contribution in [3.8, 4) is 27.6 Å². The van der Waals surface area contributed by atoms with Crippen molar-refractivity contribution in [2.24, 2.45) is 0 Å². The van der Waals surface area contributed by atoms with Crippen LogP contribution < -0.4 is 10.4 Å². The van der Waals surface area contributed by atoms with E-state index in [-0.39, 0.29) is 0 Å². The first-order valence-electron chi connectivity index (χ1n) is 9.02. The van der Waals surface area contributed by atoms with Gasteiger partial charge in [-0.1, -0.05) is 36.4 Å². The molecule has 5 rings (SSSR count).